The first-order valence-electron chi connectivity index (χ1n) is 7.46. The highest BCUT2D eigenvalue weighted by Gasteiger charge is 2.19. The van der Waals surface area contributed by atoms with Crippen molar-refractivity contribution in [1.82, 2.24) is 4.98 Å². The average molecular weight is 314 g/mol. The van der Waals surface area contributed by atoms with E-state index in [1.54, 1.807) is 38.4 Å². The number of methoxy groups -OCH3 is 2. The van der Waals surface area contributed by atoms with Crippen LogP contribution in [-0.2, 0) is 4.79 Å². The van der Waals surface area contributed by atoms with Gasteiger partial charge in [-0.15, -0.1) is 0 Å². The third-order valence-corrected chi connectivity index (χ3v) is 3.82. The van der Waals surface area contributed by atoms with E-state index >= 15 is 0 Å². The lowest BCUT2D eigenvalue weighted by Crippen LogP contribution is -2.27. The van der Waals surface area contributed by atoms with Gasteiger partial charge < -0.3 is 14.4 Å². The third-order valence-electron chi connectivity index (χ3n) is 3.82. The Morgan fingerprint density at radius 3 is 2.70 bits per heavy atom. The summed E-state index contributed by atoms with van der Waals surface area (Å²) in [5.41, 5.74) is 1.74. The number of pyridine rings is 1. The van der Waals surface area contributed by atoms with Crippen LogP contribution in [0.1, 0.15) is 24.8 Å². The number of carbonyl (C=O) groups is 1. The van der Waals surface area contributed by atoms with Crippen LogP contribution >= 0.6 is 0 Å². The number of hydrogen-bond acceptors (Lipinski definition) is 4. The first-order valence-corrected chi connectivity index (χ1v) is 7.46. The van der Waals surface area contributed by atoms with Crippen LogP contribution in [0, 0.1) is 0 Å². The number of carbonyl (C=O) groups excluding carboxylic acids is 1. The molecule has 1 aromatic carbocycles. The summed E-state index contributed by atoms with van der Waals surface area (Å²) >= 11 is 0. The molecule has 5 nitrogen and oxygen atoms in total. The Labute approximate surface area is 136 Å². The molecule has 2 aromatic rings. The summed E-state index contributed by atoms with van der Waals surface area (Å²) in [6.45, 7) is 2.03. The molecular formula is C18H22N2O3. The zero-order valence-corrected chi connectivity index (χ0v) is 13.9. The van der Waals surface area contributed by atoms with Gasteiger partial charge in [0.1, 0.15) is 11.4 Å². The number of rotatable bonds is 6. The van der Waals surface area contributed by atoms with Crippen LogP contribution in [0.25, 0.3) is 0 Å². The second-order valence-electron chi connectivity index (χ2n) is 5.37. The lowest BCUT2D eigenvalue weighted by Gasteiger charge is -2.21. The number of ether oxygens (including phenoxy) is 2. The van der Waals surface area contributed by atoms with Crippen molar-refractivity contribution in [2.45, 2.75) is 19.3 Å². The van der Waals surface area contributed by atoms with E-state index in [0.29, 0.717) is 18.0 Å². The van der Waals surface area contributed by atoms with Crippen molar-refractivity contribution in [2.24, 2.45) is 0 Å². The summed E-state index contributed by atoms with van der Waals surface area (Å²) < 4.78 is 10.5. The second-order valence-corrected chi connectivity index (χ2v) is 5.37. The quantitative estimate of drug-likeness (QED) is 0.821. The van der Waals surface area contributed by atoms with Gasteiger partial charge in [-0.05, 0) is 35.7 Å². The van der Waals surface area contributed by atoms with E-state index < -0.39 is 0 Å². The fourth-order valence-electron chi connectivity index (χ4n) is 2.39. The van der Waals surface area contributed by atoms with Gasteiger partial charge in [-0.25, -0.2) is 4.98 Å². The molecule has 1 aromatic heterocycles. The Morgan fingerprint density at radius 2 is 2.00 bits per heavy atom. The smallest absolute Gasteiger partial charge is 0.237 e. The van der Waals surface area contributed by atoms with E-state index in [1.165, 1.54) is 0 Å². The van der Waals surface area contributed by atoms with Crippen LogP contribution in [0.15, 0.2) is 42.6 Å². The Balaban J connectivity index is 2.11. The largest absolute Gasteiger partial charge is 0.497 e. The van der Waals surface area contributed by atoms with Crippen molar-refractivity contribution in [2.75, 3.05) is 26.2 Å². The summed E-state index contributed by atoms with van der Waals surface area (Å²) in [6.07, 6.45) is 2.03. The number of hydrogen-bond donors (Lipinski definition) is 0. The van der Waals surface area contributed by atoms with E-state index in [2.05, 4.69) is 4.98 Å². The molecule has 0 N–H and O–H groups in total. The van der Waals surface area contributed by atoms with Crippen molar-refractivity contribution < 1.29 is 14.3 Å². The number of amides is 1. The predicted octanol–water partition coefficient (Wildman–Crippen LogP) is 3.26. The Hall–Kier alpha value is -2.56. The van der Waals surface area contributed by atoms with E-state index in [9.17, 15) is 4.79 Å². The summed E-state index contributed by atoms with van der Waals surface area (Å²) in [5, 5.41) is 0. The average Bonchev–Trinajstić information content (AvgIpc) is 2.60. The van der Waals surface area contributed by atoms with Crippen molar-refractivity contribution in [1.29, 1.82) is 0 Å². The maximum atomic E-state index is 12.6. The normalized spacial score (nSPS) is 11.7. The van der Waals surface area contributed by atoms with Gasteiger partial charge in [-0.2, -0.15) is 0 Å². The van der Waals surface area contributed by atoms with Gasteiger partial charge in [-0.3, -0.25) is 4.79 Å². The summed E-state index contributed by atoms with van der Waals surface area (Å²) in [5.74, 6) is 1.33. The molecule has 0 aliphatic heterocycles. The molecule has 2 rings (SSSR count). The van der Waals surface area contributed by atoms with E-state index in [0.717, 1.165) is 11.3 Å². The number of anilines is 1. The fourth-order valence-corrected chi connectivity index (χ4v) is 2.39. The molecule has 0 radical (unpaired) electrons. The predicted molar refractivity (Wildman–Crippen MR) is 90.2 cm³/mol. The molecule has 0 unspecified atom stereocenters. The molecule has 1 atom stereocenters. The third kappa shape index (κ3) is 4.00. The van der Waals surface area contributed by atoms with Gasteiger partial charge in [0.05, 0.1) is 14.2 Å². The highest BCUT2D eigenvalue weighted by molar-refractivity contribution is 5.94. The van der Waals surface area contributed by atoms with Crippen LogP contribution in [0.3, 0.4) is 0 Å². The maximum Gasteiger partial charge on any atom is 0.237 e. The van der Waals surface area contributed by atoms with Gasteiger partial charge in [0.25, 0.3) is 0 Å². The van der Waals surface area contributed by atoms with Crippen molar-refractivity contribution >= 4 is 11.6 Å². The van der Waals surface area contributed by atoms with Crippen LogP contribution in [0.5, 0.6) is 11.6 Å². The maximum absolute atomic E-state index is 12.6. The Bertz CT molecular complexity index is 673. The van der Waals surface area contributed by atoms with Gasteiger partial charge in [0.2, 0.25) is 11.8 Å². The highest BCUT2D eigenvalue weighted by atomic mass is 16.5. The standard InChI is InChI=1S/C18H22N2O3/c1-13(14-7-5-8-15(12-14)22-3)11-17(21)20(2)16-9-6-10-19-18(16)23-4/h5-10,12-13H,11H2,1-4H3/t13-/m1/s1. The van der Waals surface area contributed by atoms with E-state index in [-0.39, 0.29) is 11.8 Å². The lowest BCUT2D eigenvalue weighted by atomic mass is 9.97. The minimum Gasteiger partial charge on any atom is -0.497 e. The van der Waals surface area contributed by atoms with Gasteiger partial charge in [-0.1, -0.05) is 19.1 Å². The Kier molecular flexibility index (Phi) is 5.57. The lowest BCUT2D eigenvalue weighted by molar-refractivity contribution is -0.118. The molecule has 122 valence electrons. The molecule has 5 heteroatoms. The monoisotopic (exact) mass is 314 g/mol. The topological polar surface area (TPSA) is 51.7 Å². The van der Waals surface area contributed by atoms with Crippen LogP contribution in [-0.4, -0.2) is 32.2 Å². The molecule has 1 amide bonds. The number of nitrogens with zero attached hydrogens (tertiary/aromatic N) is 2. The first kappa shape index (κ1) is 16.8. The van der Waals surface area contributed by atoms with Crippen molar-refractivity contribution in [3.8, 4) is 11.6 Å². The van der Waals surface area contributed by atoms with Crippen LogP contribution in [0.4, 0.5) is 5.69 Å². The summed E-state index contributed by atoms with van der Waals surface area (Å²) in [6, 6.07) is 11.4. The zero-order valence-electron chi connectivity index (χ0n) is 13.9. The molecule has 0 spiro atoms. The van der Waals surface area contributed by atoms with Gasteiger partial charge in [0.15, 0.2) is 0 Å². The first-order chi connectivity index (χ1) is 11.1. The summed E-state index contributed by atoms with van der Waals surface area (Å²) in [4.78, 5) is 18.3. The van der Waals surface area contributed by atoms with Gasteiger partial charge in [0, 0.05) is 19.7 Å². The minimum atomic E-state index is 0.00613. The van der Waals surface area contributed by atoms with Crippen LogP contribution < -0.4 is 14.4 Å². The molecule has 0 saturated carbocycles. The molecule has 0 aliphatic carbocycles. The molecule has 0 bridgehead atoms. The SMILES string of the molecule is COc1cccc([C@H](C)CC(=O)N(C)c2cccnc2OC)c1. The Morgan fingerprint density at radius 1 is 1.22 bits per heavy atom. The molecular weight excluding hydrogens is 292 g/mol. The van der Waals surface area contributed by atoms with Crippen molar-refractivity contribution in [3.05, 3.63) is 48.2 Å². The van der Waals surface area contributed by atoms with E-state index in [4.69, 9.17) is 9.47 Å². The molecule has 0 aliphatic rings. The van der Waals surface area contributed by atoms with Crippen LogP contribution in [0.2, 0.25) is 0 Å². The zero-order chi connectivity index (χ0) is 16.8. The van der Waals surface area contributed by atoms with E-state index in [1.807, 2.05) is 37.3 Å². The van der Waals surface area contributed by atoms with Crippen molar-refractivity contribution in [3.63, 3.8) is 0 Å². The molecule has 1 heterocycles. The minimum absolute atomic E-state index is 0.00613. The highest BCUT2D eigenvalue weighted by Crippen LogP contribution is 2.28. The molecule has 0 saturated heterocycles. The molecule has 0 fully saturated rings. The molecule has 23 heavy (non-hydrogen) atoms. The van der Waals surface area contributed by atoms with Gasteiger partial charge >= 0.3 is 0 Å². The number of benzene rings is 1. The number of aromatic nitrogens is 1. The second kappa shape index (κ2) is 7.63. The summed E-state index contributed by atoms with van der Waals surface area (Å²) in [7, 11) is 4.92. The fraction of sp³-hybridized carbons (Fsp3) is 0.333.